The number of nitriles is 1. The molecule has 2 aromatic carbocycles. The van der Waals surface area contributed by atoms with Crippen molar-refractivity contribution in [3.05, 3.63) is 87.9 Å². The van der Waals surface area contributed by atoms with Gasteiger partial charge in [-0.3, -0.25) is 4.79 Å². The third-order valence-electron chi connectivity index (χ3n) is 3.70. The lowest BCUT2D eigenvalue weighted by Crippen LogP contribution is -2.33. The van der Waals surface area contributed by atoms with E-state index in [0.717, 1.165) is 10.4 Å². The highest BCUT2D eigenvalue weighted by Crippen LogP contribution is 2.26. The molecule has 6 heteroatoms. The minimum Gasteiger partial charge on any atom is -0.482 e. The minimum atomic E-state index is -0.391. The molecule has 0 saturated heterocycles. The molecule has 0 aliphatic heterocycles. The van der Waals surface area contributed by atoms with E-state index in [0.29, 0.717) is 11.3 Å². The Bertz CT molecular complexity index is 918. The fraction of sp³-hybridized carbons (Fsp3) is 0.100. The molecule has 1 amide bonds. The van der Waals surface area contributed by atoms with Crippen LogP contribution in [-0.4, -0.2) is 12.5 Å². The van der Waals surface area contributed by atoms with Gasteiger partial charge in [-0.05, 0) is 41.3 Å². The number of carbonyl (C=O) groups excluding carboxylic acids is 1. The molecule has 3 rings (SSSR count). The van der Waals surface area contributed by atoms with Crippen molar-refractivity contribution in [2.45, 2.75) is 6.04 Å². The van der Waals surface area contributed by atoms with Crippen molar-refractivity contribution in [1.29, 1.82) is 5.26 Å². The van der Waals surface area contributed by atoms with Crippen molar-refractivity contribution in [2.75, 3.05) is 6.61 Å². The Morgan fingerprint density at radius 3 is 2.62 bits per heavy atom. The van der Waals surface area contributed by atoms with Crippen LogP contribution in [0.5, 0.6) is 5.75 Å². The van der Waals surface area contributed by atoms with Crippen LogP contribution in [-0.2, 0) is 4.79 Å². The van der Waals surface area contributed by atoms with E-state index in [2.05, 4.69) is 5.32 Å². The Labute approximate surface area is 154 Å². The van der Waals surface area contributed by atoms with Gasteiger partial charge in [0.2, 0.25) is 0 Å². The molecule has 0 aliphatic carbocycles. The highest BCUT2D eigenvalue weighted by molar-refractivity contribution is 7.10. The van der Waals surface area contributed by atoms with E-state index in [1.807, 2.05) is 23.6 Å². The molecule has 26 heavy (non-hydrogen) atoms. The third-order valence-corrected chi connectivity index (χ3v) is 4.64. The quantitative estimate of drug-likeness (QED) is 0.716. The first-order chi connectivity index (χ1) is 12.7. The number of rotatable bonds is 6. The summed E-state index contributed by atoms with van der Waals surface area (Å²) >= 11 is 1.50. The Morgan fingerprint density at radius 2 is 1.92 bits per heavy atom. The lowest BCUT2D eigenvalue weighted by Gasteiger charge is -2.18. The van der Waals surface area contributed by atoms with Crippen LogP contribution in [0.4, 0.5) is 4.39 Å². The summed E-state index contributed by atoms with van der Waals surface area (Å²) in [5.41, 5.74) is 1.15. The van der Waals surface area contributed by atoms with Gasteiger partial charge in [-0.15, -0.1) is 11.3 Å². The normalized spacial score (nSPS) is 11.4. The molecule has 0 saturated carbocycles. The van der Waals surface area contributed by atoms with E-state index in [-0.39, 0.29) is 18.3 Å². The fourth-order valence-corrected chi connectivity index (χ4v) is 3.26. The van der Waals surface area contributed by atoms with E-state index in [1.165, 1.54) is 23.5 Å². The number of benzene rings is 2. The number of para-hydroxylation sites is 1. The van der Waals surface area contributed by atoms with E-state index in [1.54, 1.807) is 36.4 Å². The number of halogens is 1. The van der Waals surface area contributed by atoms with Gasteiger partial charge in [0.1, 0.15) is 17.6 Å². The van der Waals surface area contributed by atoms with Gasteiger partial charge in [0.25, 0.3) is 5.91 Å². The number of amides is 1. The number of hydrogen-bond donors (Lipinski definition) is 1. The number of nitrogens with one attached hydrogen (secondary N) is 1. The van der Waals surface area contributed by atoms with Gasteiger partial charge >= 0.3 is 0 Å². The predicted molar refractivity (Wildman–Crippen MR) is 97.4 cm³/mol. The van der Waals surface area contributed by atoms with E-state index in [4.69, 9.17) is 10.00 Å². The molecular formula is C20H15FN2O2S. The number of thiophene rings is 1. The summed E-state index contributed by atoms with van der Waals surface area (Å²) in [6.07, 6.45) is 0. The molecular weight excluding hydrogens is 351 g/mol. The molecule has 1 aromatic heterocycles. The van der Waals surface area contributed by atoms with Gasteiger partial charge in [-0.25, -0.2) is 4.39 Å². The molecule has 0 unspecified atom stereocenters. The lowest BCUT2D eigenvalue weighted by molar-refractivity contribution is -0.123. The Morgan fingerprint density at radius 1 is 1.15 bits per heavy atom. The van der Waals surface area contributed by atoms with Gasteiger partial charge < -0.3 is 10.1 Å². The second-order valence-corrected chi connectivity index (χ2v) is 6.44. The molecule has 130 valence electrons. The Balaban J connectivity index is 1.72. The zero-order chi connectivity index (χ0) is 18.4. The van der Waals surface area contributed by atoms with Crippen LogP contribution < -0.4 is 10.1 Å². The average Bonchev–Trinajstić information content (AvgIpc) is 3.20. The van der Waals surface area contributed by atoms with Crippen molar-refractivity contribution < 1.29 is 13.9 Å². The van der Waals surface area contributed by atoms with Gasteiger partial charge in [-0.2, -0.15) is 5.26 Å². The minimum absolute atomic E-state index is 0.220. The molecule has 1 N–H and O–H groups in total. The summed E-state index contributed by atoms with van der Waals surface area (Å²) in [7, 11) is 0. The van der Waals surface area contributed by atoms with Crippen LogP contribution in [0, 0.1) is 17.1 Å². The zero-order valence-corrected chi connectivity index (χ0v) is 14.5. The maximum atomic E-state index is 13.2. The first-order valence-corrected chi connectivity index (χ1v) is 8.75. The second-order valence-electron chi connectivity index (χ2n) is 5.46. The smallest absolute Gasteiger partial charge is 0.258 e. The SMILES string of the molecule is N#Cc1ccccc1OCC(=O)N[C@H](c1ccc(F)cc1)c1cccs1. The highest BCUT2D eigenvalue weighted by Gasteiger charge is 2.18. The number of nitrogens with zero attached hydrogens (tertiary/aromatic N) is 1. The molecule has 1 atom stereocenters. The topological polar surface area (TPSA) is 62.1 Å². The largest absolute Gasteiger partial charge is 0.482 e. The van der Waals surface area contributed by atoms with Crippen molar-refractivity contribution in [2.24, 2.45) is 0 Å². The van der Waals surface area contributed by atoms with Crippen LogP contribution >= 0.6 is 11.3 Å². The van der Waals surface area contributed by atoms with Gasteiger partial charge in [0.05, 0.1) is 11.6 Å². The van der Waals surface area contributed by atoms with Gasteiger partial charge in [-0.1, -0.05) is 30.3 Å². The second kappa shape index (κ2) is 8.28. The van der Waals surface area contributed by atoms with Gasteiger partial charge in [0, 0.05) is 4.88 Å². The maximum Gasteiger partial charge on any atom is 0.258 e. The lowest BCUT2D eigenvalue weighted by atomic mass is 10.1. The highest BCUT2D eigenvalue weighted by atomic mass is 32.1. The number of hydrogen-bond acceptors (Lipinski definition) is 4. The summed E-state index contributed by atoms with van der Waals surface area (Å²) in [5, 5.41) is 13.9. The summed E-state index contributed by atoms with van der Waals surface area (Å²) in [5.74, 6) is -0.304. The Hall–Kier alpha value is -3.17. The van der Waals surface area contributed by atoms with Crippen LogP contribution in [0.1, 0.15) is 22.0 Å². The summed E-state index contributed by atoms with van der Waals surface area (Å²) in [6, 6.07) is 18.2. The first-order valence-electron chi connectivity index (χ1n) is 7.87. The number of carbonyl (C=O) groups is 1. The zero-order valence-electron chi connectivity index (χ0n) is 13.7. The average molecular weight is 366 g/mol. The van der Waals surface area contributed by atoms with E-state index < -0.39 is 6.04 Å². The standard InChI is InChI=1S/C20H15FN2O2S/c21-16-9-7-14(8-10-16)20(18-6-3-11-26-18)23-19(24)13-25-17-5-2-1-4-15(17)12-22/h1-11,20H,13H2,(H,23,24)/t20-/m1/s1. The van der Waals surface area contributed by atoms with E-state index >= 15 is 0 Å². The molecule has 0 bridgehead atoms. The molecule has 0 aliphatic rings. The summed E-state index contributed by atoms with van der Waals surface area (Å²) in [4.78, 5) is 13.3. The summed E-state index contributed by atoms with van der Waals surface area (Å²) in [6.45, 7) is -0.220. The molecule has 0 radical (unpaired) electrons. The van der Waals surface area contributed by atoms with Crippen molar-refractivity contribution >= 4 is 17.2 Å². The molecule has 0 spiro atoms. The Kier molecular flexibility index (Phi) is 5.62. The van der Waals surface area contributed by atoms with E-state index in [9.17, 15) is 9.18 Å². The molecule has 0 fully saturated rings. The number of ether oxygens (including phenoxy) is 1. The third kappa shape index (κ3) is 4.26. The van der Waals surface area contributed by atoms with Crippen molar-refractivity contribution in [1.82, 2.24) is 5.32 Å². The molecule has 4 nitrogen and oxygen atoms in total. The molecule has 1 heterocycles. The first kappa shape index (κ1) is 17.6. The van der Waals surface area contributed by atoms with Crippen LogP contribution in [0.3, 0.4) is 0 Å². The van der Waals surface area contributed by atoms with Crippen LogP contribution in [0.15, 0.2) is 66.0 Å². The predicted octanol–water partition coefficient (Wildman–Crippen LogP) is 4.04. The summed E-state index contributed by atoms with van der Waals surface area (Å²) < 4.78 is 18.7. The van der Waals surface area contributed by atoms with Crippen molar-refractivity contribution in [3.63, 3.8) is 0 Å². The monoisotopic (exact) mass is 366 g/mol. The van der Waals surface area contributed by atoms with Crippen LogP contribution in [0.25, 0.3) is 0 Å². The fourth-order valence-electron chi connectivity index (χ4n) is 2.46. The van der Waals surface area contributed by atoms with Crippen molar-refractivity contribution in [3.8, 4) is 11.8 Å². The maximum absolute atomic E-state index is 13.2. The van der Waals surface area contributed by atoms with Gasteiger partial charge in [0.15, 0.2) is 6.61 Å². The molecule has 3 aromatic rings. The van der Waals surface area contributed by atoms with Crippen LogP contribution in [0.2, 0.25) is 0 Å².